The van der Waals surface area contributed by atoms with Gasteiger partial charge in [0, 0.05) is 24.1 Å². The van der Waals surface area contributed by atoms with Crippen LogP contribution in [0.3, 0.4) is 0 Å². The number of hydrogen-bond acceptors (Lipinski definition) is 4. The summed E-state index contributed by atoms with van der Waals surface area (Å²) >= 11 is 0. The highest BCUT2D eigenvalue weighted by atomic mass is 19.1. The Morgan fingerprint density at radius 1 is 1.21 bits per heavy atom. The van der Waals surface area contributed by atoms with E-state index in [4.69, 9.17) is 10.5 Å². The van der Waals surface area contributed by atoms with Crippen molar-refractivity contribution >= 4 is 11.4 Å². The van der Waals surface area contributed by atoms with E-state index >= 15 is 8.78 Å². The molecular weight excluding hydrogens is 498 g/mol. The molecule has 0 aromatic heterocycles. The van der Waals surface area contributed by atoms with Crippen LogP contribution in [0.2, 0.25) is 0 Å². The Morgan fingerprint density at radius 3 is 2.55 bits per heavy atom. The van der Waals surface area contributed by atoms with Gasteiger partial charge in [-0.15, -0.1) is 0 Å². The Kier molecular flexibility index (Phi) is 8.72. The smallest absolute Gasteiger partial charge is 0.191 e. The summed E-state index contributed by atoms with van der Waals surface area (Å²) in [5, 5.41) is 16.6. The molecule has 1 aliphatic heterocycles. The van der Waals surface area contributed by atoms with Crippen LogP contribution in [0.25, 0.3) is 5.57 Å². The number of allylic oxidation sites excluding steroid dienone is 3. The lowest BCUT2D eigenvalue weighted by molar-refractivity contribution is -0.0957. The summed E-state index contributed by atoms with van der Waals surface area (Å²) in [6.07, 6.45) is 5.11. The summed E-state index contributed by atoms with van der Waals surface area (Å²) in [6.45, 7) is 9.74. The molecule has 0 bridgehead atoms. The van der Waals surface area contributed by atoms with E-state index in [9.17, 15) is 13.9 Å². The Morgan fingerprint density at radius 2 is 1.92 bits per heavy atom. The van der Waals surface area contributed by atoms with E-state index in [0.717, 1.165) is 25.5 Å². The maximum absolute atomic E-state index is 15.5. The molecule has 204 valence electrons. The molecule has 5 nitrogen and oxygen atoms in total. The van der Waals surface area contributed by atoms with Crippen molar-refractivity contribution in [2.45, 2.75) is 51.8 Å². The zero-order valence-electron chi connectivity index (χ0n) is 21.9. The molecule has 0 aliphatic carbocycles. The Balaban J connectivity index is 1.76. The number of amidine groups is 1. The van der Waals surface area contributed by atoms with Gasteiger partial charge in [0.15, 0.2) is 17.4 Å². The number of alkyl halides is 1. The van der Waals surface area contributed by atoms with Crippen LogP contribution < -0.4 is 10.5 Å². The van der Waals surface area contributed by atoms with Crippen LogP contribution in [-0.4, -0.2) is 28.2 Å². The minimum atomic E-state index is -2.31. The van der Waals surface area contributed by atoms with Gasteiger partial charge < -0.3 is 15.6 Å². The summed E-state index contributed by atoms with van der Waals surface area (Å²) in [6, 6.07) is 7.28. The van der Waals surface area contributed by atoms with Crippen molar-refractivity contribution < 1.29 is 27.4 Å². The van der Waals surface area contributed by atoms with Crippen LogP contribution in [0.5, 0.6) is 5.75 Å². The Labute approximate surface area is 220 Å². The average Bonchev–Trinajstić information content (AvgIpc) is 2.86. The van der Waals surface area contributed by atoms with Gasteiger partial charge in [-0.25, -0.2) is 22.6 Å². The Bertz CT molecular complexity index is 1280. The van der Waals surface area contributed by atoms with Gasteiger partial charge >= 0.3 is 0 Å². The first kappa shape index (κ1) is 29.0. The third-order valence-corrected chi connectivity index (χ3v) is 6.93. The topological polar surface area (TPSA) is 71.1 Å². The van der Waals surface area contributed by atoms with E-state index < -0.39 is 47.5 Å². The maximum Gasteiger partial charge on any atom is 0.191 e. The lowest BCUT2D eigenvalue weighted by atomic mass is 9.79. The minimum Gasteiger partial charge on any atom is -0.487 e. The fraction of sp³-hybridized carbons (Fsp3) is 0.345. The van der Waals surface area contributed by atoms with E-state index in [2.05, 4.69) is 11.7 Å². The largest absolute Gasteiger partial charge is 0.487 e. The van der Waals surface area contributed by atoms with Crippen molar-refractivity contribution in [1.82, 2.24) is 5.01 Å². The summed E-state index contributed by atoms with van der Waals surface area (Å²) in [5.74, 6) is -2.74. The number of aliphatic hydroxyl groups is 1. The summed E-state index contributed by atoms with van der Waals surface area (Å²) in [7, 11) is 0. The molecule has 1 aliphatic rings. The van der Waals surface area contributed by atoms with Gasteiger partial charge in [-0.3, -0.25) is 0 Å². The highest BCUT2D eigenvalue weighted by Gasteiger charge is 2.45. The molecule has 0 saturated carbocycles. The molecule has 0 fully saturated rings. The predicted octanol–water partition coefficient (Wildman–Crippen LogP) is 6.55. The summed E-state index contributed by atoms with van der Waals surface area (Å²) in [4.78, 5) is 0. The molecule has 2 aromatic carbocycles. The number of rotatable bonds is 10. The fourth-order valence-corrected chi connectivity index (χ4v) is 3.81. The third-order valence-electron chi connectivity index (χ3n) is 6.93. The number of ether oxygens (including phenoxy) is 1. The fourth-order valence-electron chi connectivity index (χ4n) is 3.81. The highest BCUT2D eigenvalue weighted by Crippen LogP contribution is 2.39. The van der Waals surface area contributed by atoms with Crippen molar-refractivity contribution in [3.8, 4) is 5.75 Å². The SMILES string of the molecule is C=C1C=C(c2ccc(F)c(OCCC(C)(F)C(C)(O)c3cccc(F)c3)c2F)C=CN1/N=C(/N)C(C)CC. The number of nitrogens with zero attached hydrogens (tertiary/aromatic N) is 2. The van der Waals surface area contributed by atoms with E-state index in [0.29, 0.717) is 17.1 Å². The third kappa shape index (κ3) is 6.10. The van der Waals surface area contributed by atoms with Crippen LogP contribution in [-0.2, 0) is 5.60 Å². The van der Waals surface area contributed by atoms with Crippen LogP contribution in [0.15, 0.2) is 72.1 Å². The zero-order chi connectivity index (χ0) is 28.3. The second-order valence-corrected chi connectivity index (χ2v) is 9.70. The zero-order valence-corrected chi connectivity index (χ0v) is 21.9. The monoisotopic (exact) mass is 531 g/mol. The average molecular weight is 532 g/mol. The molecule has 3 atom stereocenters. The molecule has 0 amide bonds. The second kappa shape index (κ2) is 11.4. The molecule has 3 unspecified atom stereocenters. The molecule has 0 spiro atoms. The predicted molar refractivity (Wildman–Crippen MR) is 141 cm³/mol. The number of nitrogens with two attached hydrogens (primary N) is 1. The van der Waals surface area contributed by atoms with Gasteiger partial charge in [-0.2, -0.15) is 5.10 Å². The van der Waals surface area contributed by atoms with Gasteiger partial charge in [0.05, 0.1) is 12.3 Å². The van der Waals surface area contributed by atoms with E-state index in [-0.39, 0.29) is 17.0 Å². The number of hydrazone groups is 1. The molecule has 3 rings (SSSR count). The van der Waals surface area contributed by atoms with E-state index in [1.54, 1.807) is 18.4 Å². The van der Waals surface area contributed by atoms with Crippen LogP contribution in [0, 0.1) is 23.4 Å². The number of halogens is 4. The Hall–Kier alpha value is -3.59. The standard InChI is InChI=1S/C29H33F4N3O2/c1-6-18(2)27(34)35-36-14-12-20(16-19(36)3)23-10-11-24(31)26(25(23)32)38-15-13-28(4,33)29(5,37)21-8-7-9-22(30)17-21/h7-12,14,16-18,37H,3,6,13,15H2,1-2,4-5H3,(H2,34,35). The quantitative estimate of drug-likeness (QED) is 0.207. The normalized spacial score (nSPS) is 18.0. The molecule has 2 aromatic rings. The molecule has 38 heavy (non-hydrogen) atoms. The van der Waals surface area contributed by atoms with E-state index in [1.807, 2.05) is 13.8 Å². The first-order valence-electron chi connectivity index (χ1n) is 12.3. The van der Waals surface area contributed by atoms with Crippen LogP contribution >= 0.6 is 0 Å². The molecule has 0 saturated heterocycles. The van der Waals surface area contributed by atoms with Gasteiger partial charge in [-0.05, 0) is 67.8 Å². The lowest BCUT2D eigenvalue weighted by Gasteiger charge is -2.36. The lowest BCUT2D eigenvalue weighted by Crippen LogP contribution is -2.45. The van der Waals surface area contributed by atoms with Crippen molar-refractivity contribution in [3.05, 3.63) is 95.6 Å². The maximum atomic E-state index is 15.5. The van der Waals surface area contributed by atoms with E-state index in [1.165, 1.54) is 36.2 Å². The second-order valence-electron chi connectivity index (χ2n) is 9.70. The van der Waals surface area contributed by atoms with Gasteiger partial charge in [0.25, 0.3) is 0 Å². The van der Waals surface area contributed by atoms with Gasteiger partial charge in [0.1, 0.15) is 22.9 Å². The number of benzene rings is 2. The summed E-state index contributed by atoms with van der Waals surface area (Å²) in [5.41, 5.74) is 2.52. The first-order valence-corrected chi connectivity index (χ1v) is 12.3. The molecule has 3 N–H and O–H groups in total. The molecule has 9 heteroatoms. The molecule has 1 heterocycles. The van der Waals surface area contributed by atoms with Crippen molar-refractivity contribution in [1.29, 1.82) is 0 Å². The highest BCUT2D eigenvalue weighted by molar-refractivity contribution is 5.83. The number of hydrogen-bond donors (Lipinski definition) is 2. The first-order chi connectivity index (χ1) is 17.8. The van der Waals surface area contributed by atoms with Crippen molar-refractivity contribution in [2.24, 2.45) is 16.8 Å². The van der Waals surface area contributed by atoms with Crippen LogP contribution in [0.4, 0.5) is 17.6 Å². The van der Waals surface area contributed by atoms with Gasteiger partial charge in [0.2, 0.25) is 0 Å². The van der Waals surface area contributed by atoms with Gasteiger partial charge in [-0.1, -0.05) is 32.6 Å². The molecular formula is C29H33F4N3O2. The minimum absolute atomic E-state index is 0.0300. The van der Waals surface area contributed by atoms with Crippen LogP contribution in [0.1, 0.15) is 51.7 Å². The van der Waals surface area contributed by atoms with Crippen molar-refractivity contribution in [3.63, 3.8) is 0 Å². The van der Waals surface area contributed by atoms with Crippen molar-refractivity contribution in [2.75, 3.05) is 6.61 Å². The summed E-state index contributed by atoms with van der Waals surface area (Å²) < 4.78 is 64.3. The molecule has 0 radical (unpaired) electrons.